The summed E-state index contributed by atoms with van der Waals surface area (Å²) in [5, 5.41) is 12.3. The van der Waals surface area contributed by atoms with Crippen molar-refractivity contribution in [3.8, 4) is 0 Å². The molecular weight excluding hydrogens is 194 g/mol. The monoisotopic (exact) mass is 209 g/mol. The lowest BCUT2D eigenvalue weighted by atomic mass is 10.0. The van der Waals surface area contributed by atoms with Gasteiger partial charge in [0.2, 0.25) is 0 Å². The Morgan fingerprint density at radius 3 is 2.92 bits per heavy atom. The summed E-state index contributed by atoms with van der Waals surface area (Å²) in [6.07, 6.45) is 1.01. The van der Waals surface area contributed by atoms with Gasteiger partial charge in [0.1, 0.15) is 6.04 Å². The van der Waals surface area contributed by atoms with Crippen molar-refractivity contribution in [1.29, 1.82) is 0 Å². The molecule has 1 fully saturated rings. The van der Waals surface area contributed by atoms with Crippen LogP contribution in [0.3, 0.4) is 0 Å². The molecule has 0 spiro atoms. The van der Waals surface area contributed by atoms with E-state index in [0.29, 0.717) is 13.0 Å². The minimum absolute atomic E-state index is 0. The molecule has 0 amide bonds. The summed E-state index contributed by atoms with van der Waals surface area (Å²) in [6, 6.07) is -0.515. The van der Waals surface area contributed by atoms with Crippen molar-refractivity contribution < 1.29 is 14.6 Å². The Labute approximate surface area is 84.1 Å². The molecule has 2 unspecified atom stereocenters. The molecule has 1 rings (SSSR count). The van der Waals surface area contributed by atoms with Gasteiger partial charge in [-0.15, -0.1) is 12.4 Å². The summed E-state index contributed by atoms with van der Waals surface area (Å²) in [6.45, 7) is 2.90. The fraction of sp³-hybridized carbons (Fsp3) is 0.875. The second-order valence-electron chi connectivity index (χ2n) is 2.89. The van der Waals surface area contributed by atoms with Crippen molar-refractivity contribution in [1.82, 2.24) is 5.32 Å². The van der Waals surface area contributed by atoms with Gasteiger partial charge in [0.25, 0.3) is 0 Å². The molecule has 1 aliphatic rings. The summed E-state index contributed by atoms with van der Waals surface area (Å²) in [5.41, 5.74) is 0. The average Bonchev–Trinajstić information content (AvgIpc) is 2.05. The highest BCUT2D eigenvalue weighted by Crippen LogP contribution is 2.09. The molecule has 0 aromatic carbocycles. The molecule has 78 valence electrons. The van der Waals surface area contributed by atoms with Gasteiger partial charge in [-0.2, -0.15) is 0 Å². The largest absolute Gasteiger partial charge is 0.465 e. The van der Waals surface area contributed by atoms with Crippen molar-refractivity contribution in [2.75, 3.05) is 13.2 Å². The van der Waals surface area contributed by atoms with Crippen molar-refractivity contribution in [3.63, 3.8) is 0 Å². The van der Waals surface area contributed by atoms with Gasteiger partial charge in [0.05, 0.1) is 12.7 Å². The zero-order valence-electron chi connectivity index (χ0n) is 7.66. The van der Waals surface area contributed by atoms with Gasteiger partial charge in [-0.25, -0.2) is 0 Å². The van der Waals surface area contributed by atoms with Crippen LogP contribution in [0.4, 0.5) is 0 Å². The number of piperidine rings is 1. The van der Waals surface area contributed by atoms with Crippen LogP contribution in [-0.4, -0.2) is 36.4 Å². The molecule has 1 saturated heterocycles. The number of carbonyl (C=O) groups excluding carboxylic acids is 1. The second kappa shape index (κ2) is 6.18. The van der Waals surface area contributed by atoms with E-state index >= 15 is 0 Å². The Balaban J connectivity index is 0.00000144. The van der Waals surface area contributed by atoms with E-state index in [-0.39, 0.29) is 18.4 Å². The Morgan fingerprint density at radius 1 is 1.69 bits per heavy atom. The highest BCUT2D eigenvalue weighted by atomic mass is 35.5. The van der Waals surface area contributed by atoms with Gasteiger partial charge in [-0.05, 0) is 26.3 Å². The molecule has 4 nitrogen and oxygen atoms in total. The van der Waals surface area contributed by atoms with E-state index in [1.807, 2.05) is 0 Å². The zero-order valence-corrected chi connectivity index (χ0v) is 8.47. The summed E-state index contributed by atoms with van der Waals surface area (Å²) < 4.78 is 4.79. The maximum absolute atomic E-state index is 11.2. The second-order valence-corrected chi connectivity index (χ2v) is 2.89. The third-order valence-corrected chi connectivity index (χ3v) is 1.97. The van der Waals surface area contributed by atoms with Crippen LogP contribution < -0.4 is 5.32 Å². The Kier molecular flexibility index (Phi) is 6.03. The summed E-state index contributed by atoms with van der Waals surface area (Å²) in [4.78, 5) is 11.2. The Morgan fingerprint density at radius 2 is 2.38 bits per heavy atom. The first-order valence-electron chi connectivity index (χ1n) is 4.33. The van der Waals surface area contributed by atoms with E-state index in [4.69, 9.17) is 4.74 Å². The van der Waals surface area contributed by atoms with E-state index < -0.39 is 12.1 Å². The normalized spacial score (nSPS) is 27.5. The average molecular weight is 210 g/mol. The predicted octanol–water partition coefficient (Wildman–Crippen LogP) is 0.0842. The first-order chi connectivity index (χ1) is 5.75. The number of ether oxygens (including phenoxy) is 1. The predicted molar refractivity (Wildman–Crippen MR) is 50.9 cm³/mol. The van der Waals surface area contributed by atoms with E-state index in [1.54, 1.807) is 6.92 Å². The van der Waals surface area contributed by atoms with Crippen LogP contribution in [0.15, 0.2) is 0 Å². The van der Waals surface area contributed by atoms with Crippen LogP contribution in [0.2, 0.25) is 0 Å². The molecule has 2 atom stereocenters. The molecule has 2 N–H and O–H groups in total. The SMILES string of the molecule is CCOC(=O)C1NCCCC1O.Cl. The Bertz CT molecular complexity index is 165. The highest BCUT2D eigenvalue weighted by Gasteiger charge is 2.29. The lowest BCUT2D eigenvalue weighted by Crippen LogP contribution is -2.50. The van der Waals surface area contributed by atoms with Crippen molar-refractivity contribution >= 4 is 18.4 Å². The molecule has 0 aliphatic carbocycles. The number of rotatable bonds is 2. The fourth-order valence-electron chi connectivity index (χ4n) is 1.34. The highest BCUT2D eigenvalue weighted by molar-refractivity contribution is 5.85. The van der Waals surface area contributed by atoms with E-state index in [1.165, 1.54) is 0 Å². The number of halogens is 1. The summed E-state index contributed by atoms with van der Waals surface area (Å²) in [7, 11) is 0. The summed E-state index contributed by atoms with van der Waals surface area (Å²) >= 11 is 0. The minimum atomic E-state index is -0.585. The lowest BCUT2D eigenvalue weighted by molar-refractivity contribution is -0.149. The van der Waals surface area contributed by atoms with Crippen LogP contribution in [-0.2, 0) is 9.53 Å². The maximum Gasteiger partial charge on any atom is 0.325 e. The Hall–Kier alpha value is -0.320. The molecule has 1 aliphatic heterocycles. The number of esters is 1. The third-order valence-electron chi connectivity index (χ3n) is 1.97. The molecule has 0 radical (unpaired) electrons. The van der Waals surface area contributed by atoms with Crippen molar-refractivity contribution in [2.45, 2.75) is 31.9 Å². The molecule has 0 bridgehead atoms. The molecule has 1 heterocycles. The summed E-state index contributed by atoms with van der Waals surface area (Å²) in [5.74, 6) is -0.343. The molecule has 5 heteroatoms. The number of hydrogen-bond donors (Lipinski definition) is 2. The molecular formula is C8H16ClNO3. The molecule has 0 saturated carbocycles. The van der Waals surface area contributed by atoms with Crippen LogP contribution in [0, 0.1) is 0 Å². The minimum Gasteiger partial charge on any atom is -0.465 e. The molecule has 0 aromatic rings. The topological polar surface area (TPSA) is 58.6 Å². The number of nitrogens with one attached hydrogen (secondary N) is 1. The van der Waals surface area contributed by atoms with Gasteiger partial charge in [-0.1, -0.05) is 0 Å². The first kappa shape index (κ1) is 12.7. The van der Waals surface area contributed by atoms with Crippen LogP contribution in [0.25, 0.3) is 0 Å². The van der Waals surface area contributed by atoms with Gasteiger partial charge >= 0.3 is 5.97 Å². The van der Waals surface area contributed by atoms with Crippen molar-refractivity contribution in [2.24, 2.45) is 0 Å². The smallest absolute Gasteiger partial charge is 0.325 e. The van der Waals surface area contributed by atoms with Gasteiger partial charge < -0.3 is 15.2 Å². The van der Waals surface area contributed by atoms with Gasteiger partial charge in [0.15, 0.2) is 0 Å². The number of aliphatic hydroxyl groups excluding tert-OH is 1. The number of carbonyl (C=O) groups is 1. The third kappa shape index (κ3) is 3.50. The zero-order chi connectivity index (χ0) is 8.97. The first-order valence-corrected chi connectivity index (χ1v) is 4.33. The molecule has 0 aromatic heterocycles. The number of hydrogen-bond acceptors (Lipinski definition) is 4. The van der Waals surface area contributed by atoms with Gasteiger partial charge in [0, 0.05) is 0 Å². The van der Waals surface area contributed by atoms with E-state index in [9.17, 15) is 9.90 Å². The van der Waals surface area contributed by atoms with Crippen molar-refractivity contribution in [3.05, 3.63) is 0 Å². The quantitative estimate of drug-likeness (QED) is 0.633. The lowest BCUT2D eigenvalue weighted by Gasteiger charge is -2.26. The molecule has 13 heavy (non-hydrogen) atoms. The van der Waals surface area contributed by atoms with E-state index in [2.05, 4.69) is 5.32 Å². The van der Waals surface area contributed by atoms with Crippen LogP contribution in [0.5, 0.6) is 0 Å². The number of aliphatic hydroxyl groups is 1. The van der Waals surface area contributed by atoms with E-state index in [0.717, 1.165) is 13.0 Å². The maximum atomic E-state index is 11.2. The van der Waals surface area contributed by atoms with Gasteiger partial charge in [-0.3, -0.25) is 4.79 Å². The van der Waals surface area contributed by atoms with Crippen LogP contribution >= 0.6 is 12.4 Å². The van der Waals surface area contributed by atoms with Crippen LogP contribution in [0.1, 0.15) is 19.8 Å². The fourth-order valence-corrected chi connectivity index (χ4v) is 1.34. The standard InChI is InChI=1S/C8H15NO3.ClH/c1-2-12-8(11)7-6(10)4-3-5-9-7;/h6-7,9-10H,2-5H2,1H3;1H.